The molecule has 2 aromatic carbocycles. The van der Waals surface area contributed by atoms with Gasteiger partial charge in [-0.05, 0) is 53.8 Å². The van der Waals surface area contributed by atoms with Crippen molar-refractivity contribution in [1.82, 2.24) is 0 Å². The molecule has 0 fully saturated rings. The predicted octanol–water partition coefficient (Wildman–Crippen LogP) is 4.41. The van der Waals surface area contributed by atoms with Crippen LogP contribution in [-0.2, 0) is 0 Å². The molecule has 2 rings (SSSR count). The first-order valence-electron chi connectivity index (χ1n) is 5.90. The maximum absolute atomic E-state index is 12.3. The van der Waals surface area contributed by atoms with E-state index in [1.165, 1.54) is 18.2 Å². The summed E-state index contributed by atoms with van der Waals surface area (Å²) in [6, 6.07) is 9.60. The molecule has 0 radical (unpaired) electrons. The summed E-state index contributed by atoms with van der Waals surface area (Å²) >= 11 is 8.17. The number of hydrogen-bond donors (Lipinski definition) is 1. The largest absolute Gasteiger partial charge is 0.321 e. The van der Waals surface area contributed by atoms with Crippen LogP contribution in [0.1, 0.15) is 15.9 Å². The van der Waals surface area contributed by atoms with Crippen LogP contribution in [0.15, 0.2) is 36.4 Å². The highest BCUT2D eigenvalue weighted by Gasteiger charge is 2.18. The molecule has 0 saturated heterocycles. The molecule has 0 heterocycles. The molecule has 1 N–H and O–H groups in total. The fraction of sp³-hybridized carbons (Fsp3) is 0.0714. The van der Waals surface area contributed by atoms with Gasteiger partial charge in [0.15, 0.2) is 0 Å². The molecule has 21 heavy (non-hydrogen) atoms. The number of nitro groups is 1. The molecule has 5 nitrogen and oxygen atoms in total. The molecule has 0 spiro atoms. The zero-order valence-electron chi connectivity index (χ0n) is 10.9. The smallest absolute Gasteiger partial charge is 0.273 e. The van der Waals surface area contributed by atoms with Gasteiger partial charge in [0.05, 0.1) is 15.6 Å². The Kier molecular flexibility index (Phi) is 4.79. The molecule has 2 aromatic rings. The van der Waals surface area contributed by atoms with E-state index in [-0.39, 0.29) is 11.3 Å². The minimum absolute atomic E-state index is 0.0867. The van der Waals surface area contributed by atoms with Gasteiger partial charge in [0.2, 0.25) is 0 Å². The molecule has 0 unspecified atom stereocenters. The van der Waals surface area contributed by atoms with Crippen molar-refractivity contribution in [1.29, 1.82) is 0 Å². The van der Waals surface area contributed by atoms with Crippen LogP contribution in [0.25, 0.3) is 0 Å². The van der Waals surface area contributed by atoms with E-state index in [4.69, 9.17) is 11.6 Å². The third kappa shape index (κ3) is 3.51. The highest BCUT2D eigenvalue weighted by atomic mass is 127. The minimum atomic E-state index is -0.510. The Bertz CT molecular complexity index is 734. The highest BCUT2D eigenvalue weighted by Crippen LogP contribution is 2.26. The van der Waals surface area contributed by atoms with Gasteiger partial charge in [-0.1, -0.05) is 17.7 Å². The fourth-order valence-corrected chi connectivity index (χ4v) is 2.75. The fourth-order valence-electron chi connectivity index (χ4n) is 1.85. The van der Waals surface area contributed by atoms with Crippen molar-refractivity contribution in [3.63, 3.8) is 0 Å². The molecule has 0 aliphatic carbocycles. The van der Waals surface area contributed by atoms with E-state index in [0.717, 1.165) is 3.57 Å². The number of nitro benzene ring substituents is 1. The van der Waals surface area contributed by atoms with Crippen LogP contribution in [0.2, 0.25) is 5.02 Å². The average molecular weight is 417 g/mol. The van der Waals surface area contributed by atoms with Crippen molar-refractivity contribution in [3.05, 3.63) is 66.2 Å². The lowest BCUT2D eigenvalue weighted by molar-refractivity contribution is -0.385. The van der Waals surface area contributed by atoms with Crippen molar-refractivity contribution in [2.75, 3.05) is 5.32 Å². The van der Waals surface area contributed by atoms with E-state index in [1.807, 2.05) is 6.07 Å². The molecule has 0 saturated carbocycles. The highest BCUT2D eigenvalue weighted by molar-refractivity contribution is 14.1. The second-order valence-electron chi connectivity index (χ2n) is 4.29. The number of anilines is 1. The lowest BCUT2D eigenvalue weighted by Gasteiger charge is -2.09. The second-order valence-corrected chi connectivity index (χ2v) is 5.94. The third-order valence-electron chi connectivity index (χ3n) is 2.93. The van der Waals surface area contributed by atoms with E-state index in [9.17, 15) is 14.9 Å². The van der Waals surface area contributed by atoms with Crippen LogP contribution >= 0.6 is 34.2 Å². The molecule has 0 aromatic heterocycles. The van der Waals surface area contributed by atoms with Crippen LogP contribution in [0.5, 0.6) is 0 Å². The van der Waals surface area contributed by atoms with Crippen LogP contribution in [0.3, 0.4) is 0 Å². The Hall–Kier alpha value is -1.67. The summed E-state index contributed by atoms with van der Waals surface area (Å²) in [6.45, 7) is 1.54. The van der Waals surface area contributed by atoms with E-state index in [1.54, 1.807) is 19.1 Å². The Balaban J connectivity index is 2.33. The molecule has 0 bridgehead atoms. The van der Waals surface area contributed by atoms with Crippen LogP contribution in [-0.4, -0.2) is 10.8 Å². The summed E-state index contributed by atoms with van der Waals surface area (Å²) in [7, 11) is 0. The third-order valence-corrected chi connectivity index (χ3v) is 3.91. The monoisotopic (exact) mass is 416 g/mol. The number of benzene rings is 2. The van der Waals surface area contributed by atoms with E-state index in [2.05, 4.69) is 27.9 Å². The Morgan fingerprint density at radius 3 is 2.67 bits per heavy atom. The summed E-state index contributed by atoms with van der Waals surface area (Å²) < 4.78 is 0.946. The van der Waals surface area contributed by atoms with Gasteiger partial charge in [-0.25, -0.2) is 0 Å². The SMILES string of the molecule is Cc1c(C(=O)Nc2ccc(I)cc2Cl)cccc1[N+](=O)[O-]. The minimum Gasteiger partial charge on any atom is -0.321 e. The molecule has 108 valence electrons. The number of carbonyl (C=O) groups excluding carboxylic acids is 1. The van der Waals surface area contributed by atoms with Gasteiger partial charge in [-0.2, -0.15) is 0 Å². The van der Waals surface area contributed by atoms with E-state index >= 15 is 0 Å². The molecule has 0 aliphatic heterocycles. The summed E-state index contributed by atoms with van der Waals surface area (Å²) in [5.74, 6) is -0.431. The molecule has 1 amide bonds. The van der Waals surface area contributed by atoms with Gasteiger partial charge >= 0.3 is 0 Å². The zero-order chi connectivity index (χ0) is 15.6. The lowest BCUT2D eigenvalue weighted by atomic mass is 10.1. The second kappa shape index (κ2) is 6.40. The van der Waals surface area contributed by atoms with Crippen molar-refractivity contribution >= 4 is 51.5 Å². The van der Waals surface area contributed by atoms with Gasteiger partial charge in [0.25, 0.3) is 11.6 Å². The first kappa shape index (κ1) is 15.7. The van der Waals surface area contributed by atoms with Gasteiger partial charge < -0.3 is 5.32 Å². The molecule has 0 aliphatic rings. The average Bonchev–Trinajstić information content (AvgIpc) is 2.41. The van der Waals surface area contributed by atoms with Crippen molar-refractivity contribution in [2.45, 2.75) is 6.92 Å². The molecular weight excluding hydrogens is 407 g/mol. The van der Waals surface area contributed by atoms with Gasteiger partial charge in [-0.15, -0.1) is 0 Å². The number of rotatable bonds is 3. The maximum Gasteiger partial charge on any atom is 0.273 e. The van der Waals surface area contributed by atoms with E-state index < -0.39 is 10.8 Å². The number of carbonyl (C=O) groups is 1. The zero-order valence-corrected chi connectivity index (χ0v) is 13.8. The topological polar surface area (TPSA) is 72.2 Å². The number of amides is 1. The number of halogens is 2. The van der Waals surface area contributed by atoms with E-state index in [0.29, 0.717) is 16.3 Å². The van der Waals surface area contributed by atoms with Crippen molar-refractivity contribution in [2.24, 2.45) is 0 Å². The van der Waals surface area contributed by atoms with Crippen molar-refractivity contribution < 1.29 is 9.72 Å². The number of hydrogen-bond acceptors (Lipinski definition) is 3. The first-order valence-corrected chi connectivity index (χ1v) is 7.36. The van der Waals surface area contributed by atoms with Gasteiger partial charge in [0.1, 0.15) is 0 Å². The quantitative estimate of drug-likeness (QED) is 0.457. The summed E-state index contributed by atoms with van der Waals surface area (Å²) in [6.07, 6.45) is 0. The standard InChI is InChI=1S/C14H10ClIN2O3/c1-8-10(3-2-4-13(8)18(20)21)14(19)17-12-6-5-9(16)7-11(12)15/h2-7H,1H3,(H,17,19). The normalized spacial score (nSPS) is 10.2. The molecule has 7 heteroatoms. The number of nitrogens with one attached hydrogen (secondary N) is 1. The Morgan fingerprint density at radius 2 is 2.05 bits per heavy atom. The molecular formula is C14H10ClIN2O3. The molecule has 0 atom stereocenters. The Labute approximate surface area is 139 Å². The Morgan fingerprint density at radius 1 is 1.33 bits per heavy atom. The first-order chi connectivity index (χ1) is 9.90. The van der Waals surface area contributed by atoms with Crippen molar-refractivity contribution in [3.8, 4) is 0 Å². The van der Waals surface area contributed by atoms with Crippen LogP contribution in [0.4, 0.5) is 11.4 Å². The van der Waals surface area contributed by atoms with Gasteiger partial charge in [-0.3, -0.25) is 14.9 Å². The maximum atomic E-state index is 12.3. The lowest BCUT2D eigenvalue weighted by Crippen LogP contribution is -2.14. The van der Waals surface area contributed by atoms with Crippen LogP contribution in [0, 0.1) is 20.6 Å². The summed E-state index contributed by atoms with van der Waals surface area (Å²) in [5, 5.41) is 14.0. The summed E-state index contributed by atoms with van der Waals surface area (Å²) in [4.78, 5) is 22.6. The predicted molar refractivity (Wildman–Crippen MR) is 90.0 cm³/mol. The summed E-state index contributed by atoms with van der Waals surface area (Å²) in [5.41, 5.74) is 0.949. The number of nitrogens with zero attached hydrogens (tertiary/aromatic N) is 1. The van der Waals surface area contributed by atoms with Gasteiger partial charge in [0, 0.05) is 20.8 Å². The van der Waals surface area contributed by atoms with Crippen LogP contribution < -0.4 is 5.32 Å².